The number of methoxy groups -OCH3 is 4. The summed E-state index contributed by atoms with van der Waals surface area (Å²) in [6.45, 7) is 4.23. The number of carbonyl (C=O) groups excluding carboxylic acids is 11. The molecule has 0 aliphatic rings. The van der Waals surface area contributed by atoms with Gasteiger partial charge in [0, 0.05) is 76.7 Å². The van der Waals surface area contributed by atoms with Crippen molar-refractivity contribution in [2.75, 3.05) is 28.4 Å². The molecule has 8 aromatic carbocycles. The number of aryl methyl sites for hydroxylation is 8. The monoisotopic (exact) mass is 2180 g/mol. The summed E-state index contributed by atoms with van der Waals surface area (Å²) in [5, 5.41) is 52.6. The van der Waals surface area contributed by atoms with Gasteiger partial charge in [0.25, 0.3) is 17.6 Å². The molecule has 13 rings (SSSR count). The van der Waals surface area contributed by atoms with Gasteiger partial charge in [-0.2, -0.15) is 15.3 Å². The number of ether oxygens (including phenoxy) is 5. The van der Waals surface area contributed by atoms with E-state index in [2.05, 4.69) is 76.1 Å². The van der Waals surface area contributed by atoms with Gasteiger partial charge in [0.05, 0.1) is 62.4 Å². The molecule has 0 aliphatic heterocycles. The van der Waals surface area contributed by atoms with Crippen molar-refractivity contribution in [2.45, 2.75) is 104 Å². The van der Waals surface area contributed by atoms with E-state index in [1.807, 2.05) is 133 Å². The number of nitrogens with two attached hydrogens (primary N) is 2. The Morgan fingerprint density at radius 1 is 0.418 bits per heavy atom. The molecule has 0 spiro atoms. The molecule has 12 N–H and O–H groups in total. The van der Waals surface area contributed by atoms with Gasteiger partial charge in [-0.15, -0.1) is 11.6 Å². The number of esters is 5. The van der Waals surface area contributed by atoms with Crippen LogP contribution >= 0.6 is 104 Å². The number of aromatic carboxylic acids is 1. The van der Waals surface area contributed by atoms with Crippen molar-refractivity contribution in [3.05, 3.63) is 341 Å². The summed E-state index contributed by atoms with van der Waals surface area (Å²) in [6, 6.07) is 63.0. The van der Waals surface area contributed by atoms with E-state index < -0.39 is 59.1 Å². The Labute approximate surface area is 963 Å². The van der Waals surface area contributed by atoms with Crippen molar-refractivity contribution in [1.29, 1.82) is 0 Å². The van der Waals surface area contributed by atoms with E-state index in [4.69, 9.17) is 129 Å². The normalized spacial score (nSPS) is 9.55. The number of aromatic amines is 5. The number of nitrogens with zero attached hydrogens (tertiary/aromatic N) is 3. The zero-order valence-corrected chi connectivity index (χ0v) is 92.8. The van der Waals surface area contributed by atoms with Gasteiger partial charge in [-0.05, 0) is 233 Å². The first-order valence-corrected chi connectivity index (χ1v) is 43.7. The van der Waals surface area contributed by atoms with Crippen molar-refractivity contribution in [2.24, 2.45) is 11.7 Å². The molecule has 0 atom stereocenters. The quantitative estimate of drug-likeness (QED) is 0.00240. The van der Waals surface area contributed by atoms with Gasteiger partial charge in [-0.1, -0.05) is 178 Å². The van der Waals surface area contributed by atoms with Crippen molar-refractivity contribution >= 4 is 197 Å². The van der Waals surface area contributed by atoms with Gasteiger partial charge in [0.1, 0.15) is 23.1 Å². The Morgan fingerprint density at radius 2 is 0.738 bits per heavy atom. The Kier molecular flexibility index (Phi) is 71.9. The number of hydrogen-bond donors (Lipinski definition) is 9. The first kappa shape index (κ1) is 134. The third-order valence-corrected chi connectivity index (χ3v) is 20.0. The number of ketones is 5. The fourth-order valence-electron chi connectivity index (χ4n) is 10.7. The number of rotatable bonds is 26. The maximum atomic E-state index is 12.4. The topological polar surface area (TPSA) is 558 Å². The number of pyridine rings is 2. The van der Waals surface area contributed by atoms with Gasteiger partial charge in [0.2, 0.25) is 5.78 Å². The van der Waals surface area contributed by atoms with Crippen LogP contribution in [-0.2, 0) is 124 Å². The van der Waals surface area contributed by atoms with E-state index in [9.17, 15) is 62.3 Å². The van der Waals surface area contributed by atoms with Crippen LogP contribution in [0.5, 0.6) is 11.5 Å². The van der Waals surface area contributed by atoms with E-state index in [0.29, 0.717) is 77.8 Å². The van der Waals surface area contributed by atoms with E-state index in [1.165, 1.54) is 38.7 Å². The number of fused-ring (bicyclic) bond motifs is 2. The van der Waals surface area contributed by atoms with Crippen LogP contribution in [0.4, 0.5) is 0 Å². The summed E-state index contributed by atoms with van der Waals surface area (Å²) in [6.07, 6.45) is 6.44. The van der Waals surface area contributed by atoms with E-state index in [0.717, 1.165) is 120 Å². The number of benzene rings is 8. The fraction of sp³-hybridized carbons (Fsp3) is 0.211. The molecule has 0 fully saturated rings. The van der Waals surface area contributed by atoms with Crippen molar-refractivity contribution in [3.8, 4) is 11.5 Å². The van der Waals surface area contributed by atoms with E-state index in [1.54, 1.807) is 73.7 Å². The first-order chi connectivity index (χ1) is 65.3. The number of carbonyl (C=O) groups is 12. The Balaban J connectivity index is -0.00000156. The standard InChI is InChI=1S/C21H15Cl2N3O3.C13H13ClN2O2.C13H13ClO4.C12H11ClN2O2.C10H11ClO.C9H6ClNO2.C7H6Cl2.C5H8O2.C4H6O4.CH2O3.2K.H4N2.Na.H2O.H/c22-13-7-4-12(5-8-13)6-9-14-10-18(26-25-14)21(28)29-19-11-15-16(23)2-1-3-17(15)24-20(19)27;1-18-13(17)12-8-11(15-16-12)7-4-9-2-5-10(14)6-3-9;1-18-13(17)12(16)8-11(15)7-4-9-2-5-10(14)6-3-9;13-9-4-1-8(2-5-9)3-6-10-7-11(12(16)17)15-14-10;1-8(12)2-3-9-4-6-10(11)7-5-9;10-6-2-1-3-7-5(6)4-8(12)9(13)11-7;8-5-6-1-3-7(9)4-2-6;1-4(6)3-5(2)7;1-7-3(5)4(6)8-2;2-1-4-3;;;1-2;;;/h1-5,7-8,10-11H,6,9H2,(H,24,27)(H,25,26);2-3,5-6,8H,4,7H2,1H3,(H,15,16);2-3,5-6H,4,7-8H2,1H3;1-2,4-5,7H,3,6H2,(H,14,15)(H,16,17);4-7H,2-3H2,1H3;1-4,12H,(H,11,13);1-4H,5H2;3H2,1-2H3;1-2H3;1,3H;;;1-2H2;;1H2;/q;;;;;;;;;;2*+1;;+1;;-1/p-2. The molecule has 0 aliphatic carbocycles. The van der Waals surface area contributed by atoms with Crippen molar-refractivity contribution in [1.82, 2.24) is 40.6 Å². The van der Waals surface area contributed by atoms with Crippen LogP contribution in [0.1, 0.15) is 130 Å². The minimum atomic E-state index is -1.01. The number of halogens is 9. The molecular weight excluding hydrogens is 2090 g/mol. The number of alkyl halides is 1. The summed E-state index contributed by atoms with van der Waals surface area (Å²) in [5.41, 5.74) is 9.79. The third-order valence-electron chi connectivity index (χ3n) is 17.5. The molecule has 736 valence electrons. The summed E-state index contributed by atoms with van der Waals surface area (Å²) in [4.78, 5) is 158. The number of hydrogen-bond acceptors (Lipinski definition) is 28. The number of aromatic hydroxyl groups is 1. The molecule has 5 heterocycles. The van der Waals surface area contributed by atoms with Crippen LogP contribution < -0.4 is 165 Å². The molecule has 0 radical (unpaired) electrons. The number of H-pyrrole nitrogens is 5. The Hall–Kier alpha value is -9.03. The molecule has 46 heteroatoms. The van der Waals surface area contributed by atoms with Gasteiger partial charge in [0.15, 0.2) is 28.6 Å². The smallest absolute Gasteiger partial charge is 1.00 e. The van der Waals surface area contributed by atoms with Crippen LogP contribution in [0.2, 0.25) is 40.2 Å². The summed E-state index contributed by atoms with van der Waals surface area (Å²) >= 11 is 52.1. The predicted molar refractivity (Wildman–Crippen MR) is 523 cm³/mol. The minimum Gasteiger partial charge on any atom is -1.00 e. The maximum Gasteiger partial charge on any atom is 1.00 e. The van der Waals surface area contributed by atoms with Gasteiger partial charge in [-0.25, -0.2) is 28.8 Å². The molecule has 0 bridgehead atoms. The molecule has 13 aromatic rings. The predicted octanol–water partition coefficient (Wildman–Crippen LogP) is 7.63. The van der Waals surface area contributed by atoms with Crippen LogP contribution in [0.25, 0.3) is 21.8 Å². The second kappa shape index (κ2) is 75.7. The summed E-state index contributed by atoms with van der Waals surface area (Å²) in [7, 11) is 4.67. The van der Waals surface area contributed by atoms with Gasteiger partial charge in [-0.3, -0.25) is 60.5 Å². The minimum absolute atomic E-state index is 0. The first-order valence-electron chi connectivity index (χ1n) is 40.2. The molecule has 0 saturated heterocycles. The zero-order valence-electron chi connectivity index (χ0n) is 78.8. The van der Waals surface area contributed by atoms with Crippen molar-refractivity contribution < 1.29 is 241 Å². The number of hydrazine groups is 1. The maximum absolute atomic E-state index is 12.4. The van der Waals surface area contributed by atoms with Crippen molar-refractivity contribution in [3.63, 3.8) is 0 Å². The molecule has 0 amide bonds. The molecule has 0 unspecified atom stereocenters. The molecule has 0 saturated carbocycles. The van der Waals surface area contributed by atoms with Crippen LogP contribution in [0.3, 0.4) is 0 Å². The number of carboxylic acid groups (broad SMARTS) is 1. The van der Waals surface area contributed by atoms with Gasteiger partial charge < -0.3 is 65.7 Å². The summed E-state index contributed by atoms with van der Waals surface area (Å²) < 4.78 is 22.0. The Morgan fingerprint density at radius 3 is 1.05 bits per heavy atom. The average Bonchev–Trinajstić information content (AvgIpc) is 1.46. The third kappa shape index (κ3) is 55.6. The summed E-state index contributed by atoms with van der Waals surface area (Å²) in [5.74, 6) is 2.01. The number of aromatic nitrogens is 8. The fourth-order valence-corrected chi connectivity index (χ4v) is 12.1. The molecule has 141 heavy (non-hydrogen) atoms. The van der Waals surface area contributed by atoms with Crippen LogP contribution in [-0.4, -0.2) is 156 Å². The second-order valence-corrected chi connectivity index (χ2v) is 31.6. The average molecular weight is 2180 g/mol. The number of Topliss-reactive ketones (excluding diaryl/α,β-unsaturated/α-hetero) is 5. The van der Waals surface area contributed by atoms with E-state index >= 15 is 0 Å². The molecular formula is C95H96Cl9K2N10NaO24. The largest absolute Gasteiger partial charge is 1.00 e. The molecule has 34 nitrogen and oxygen atoms in total. The zero-order chi connectivity index (χ0) is 102. The second-order valence-electron chi connectivity index (χ2n) is 27.9. The molecule has 5 aromatic heterocycles. The number of nitrogens with one attached hydrogen (secondary N) is 5. The van der Waals surface area contributed by atoms with Crippen LogP contribution in [0.15, 0.2) is 222 Å². The van der Waals surface area contributed by atoms with Gasteiger partial charge >= 0.3 is 168 Å². The van der Waals surface area contributed by atoms with Crippen LogP contribution in [0, 0.1) is 0 Å². The SMILES string of the molecule is CC(=O)CC(C)=O.CC(=O)CCc1ccc(Cl)cc1.COC(=O)C(=O)CC(=O)CCc1ccc(Cl)cc1.COC(=O)C(=O)OC.COC(=O)c1cc(CCc2ccc(Cl)cc2)[nH]n1.ClCc1ccc(Cl)cc1.NN.O=C(O)c1cc(CCc2ccc(Cl)cc2)[nH]n1.O=C(Oc1cc2c(Cl)cccc2[nH]c1=O)c1cc(CCc2ccc(Cl)cc2)[nH]n1.O=CO[O-].O=c1[nH]c2cccc(Cl)c2cc1O.[H-].[K+].[K+].[Na+].[OH-]. The number of carboxylic acids is 1. The Bertz CT molecular complexity index is 6190. The van der Waals surface area contributed by atoms with E-state index in [-0.39, 0.29) is 205 Å².